The predicted molar refractivity (Wildman–Crippen MR) is 81.6 cm³/mol. The Morgan fingerprint density at radius 2 is 2.30 bits per heavy atom. The van der Waals surface area contributed by atoms with Crippen LogP contribution in [0.3, 0.4) is 0 Å². The maximum atomic E-state index is 11.9. The summed E-state index contributed by atoms with van der Waals surface area (Å²) in [6.07, 6.45) is 3.37. The molecule has 0 bridgehead atoms. The molecular weight excluding hydrogens is 272 g/mol. The summed E-state index contributed by atoms with van der Waals surface area (Å²) in [6.45, 7) is 7.82. The fraction of sp³-hybridized carbons (Fsp3) is 0.214. The molecule has 0 aromatic carbocycles. The van der Waals surface area contributed by atoms with Crippen molar-refractivity contribution in [3.63, 3.8) is 0 Å². The number of aromatic nitrogens is 2. The second-order valence-electron chi connectivity index (χ2n) is 4.28. The van der Waals surface area contributed by atoms with Gasteiger partial charge < -0.3 is 10.6 Å². The molecule has 0 fully saturated rings. The summed E-state index contributed by atoms with van der Waals surface area (Å²) in [5.74, 6) is 0.585. The molecule has 0 spiro atoms. The second kappa shape index (κ2) is 6.29. The van der Waals surface area contributed by atoms with Gasteiger partial charge in [-0.2, -0.15) is 0 Å². The van der Waals surface area contributed by atoms with Crippen molar-refractivity contribution in [3.8, 4) is 0 Å². The number of aryl methyl sites for hydroxylation is 2. The first-order valence-electron chi connectivity index (χ1n) is 6.16. The molecule has 0 saturated carbocycles. The molecule has 2 N–H and O–H groups in total. The van der Waals surface area contributed by atoms with Crippen molar-refractivity contribution in [1.82, 2.24) is 15.3 Å². The average molecular weight is 288 g/mol. The Hall–Kier alpha value is -2.21. The minimum absolute atomic E-state index is 0.134. The molecule has 2 rings (SSSR count). The smallest absolute Gasteiger partial charge is 0.263 e. The molecule has 0 unspecified atom stereocenters. The maximum Gasteiger partial charge on any atom is 0.263 e. The summed E-state index contributed by atoms with van der Waals surface area (Å²) in [5.41, 5.74) is 1.81. The van der Waals surface area contributed by atoms with E-state index in [4.69, 9.17) is 0 Å². The van der Waals surface area contributed by atoms with Gasteiger partial charge >= 0.3 is 0 Å². The van der Waals surface area contributed by atoms with E-state index in [1.165, 1.54) is 11.3 Å². The first-order valence-corrected chi connectivity index (χ1v) is 6.98. The Bertz CT molecular complexity index is 636. The molecule has 2 heterocycles. The number of pyridine rings is 1. The third kappa shape index (κ3) is 3.42. The molecule has 104 valence electrons. The molecule has 0 atom stereocenters. The van der Waals surface area contributed by atoms with E-state index in [1.54, 1.807) is 12.3 Å². The Labute approximate surface area is 121 Å². The number of amides is 1. The van der Waals surface area contributed by atoms with E-state index in [0.717, 1.165) is 11.4 Å². The third-order valence-electron chi connectivity index (χ3n) is 2.56. The standard InChI is InChI=1S/C14H16N4OS/c1-4-6-16-13(19)12-10(3)17-14(20-12)18-11-8-9(2)5-7-15-11/h4-5,7-8H,1,6H2,2-3H3,(H,16,19)(H,15,17,18). The minimum atomic E-state index is -0.134. The fourth-order valence-electron chi connectivity index (χ4n) is 1.62. The van der Waals surface area contributed by atoms with Gasteiger partial charge in [-0.25, -0.2) is 9.97 Å². The SMILES string of the molecule is C=CCNC(=O)c1sc(Nc2cc(C)ccn2)nc1C. The zero-order valence-corrected chi connectivity index (χ0v) is 12.3. The van der Waals surface area contributed by atoms with Crippen molar-refractivity contribution < 1.29 is 4.79 Å². The first kappa shape index (κ1) is 14.2. The number of hydrogen-bond acceptors (Lipinski definition) is 5. The first-order chi connectivity index (χ1) is 9.60. The van der Waals surface area contributed by atoms with E-state index < -0.39 is 0 Å². The number of hydrogen-bond donors (Lipinski definition) is 2. The van der Waals surface area contributed by atoms with Gasteiger partial charge in [-0.3, -0.25) is 4.79 Å². The lowest BCUT2D eigenvalue weighted by atomic mass is 10.3. The third-order valence-corrected chi connectivity index (χ3v) is 3.63. The van der Waals surface area contributed by atoms with Gasteiger partial charge in [0, 0.05) is 12.7 Å². The van der Waals surface area contributed by atoms with E-state index in [-0.39, 0.29) is 5.91 Å². The molecule has 2 aromatic heterocycles. The zero-order chi connectivity index (χ0) is 14.5. The van der Waals surface area contributed by atoms with Crippen LogP contribution in [0.1, 0.15) is 20.9 Å². The van der Waals surface area contributed by atoms with Crippen LogP contribution in [0.5, 0.6) is 0 Å². The summed E-state index contributed by atoms with van der Waals surface area (Å²) >= 11 is 1.31. The predicted octanol–water partition coefficient (Wildman–Crippen LogP) is 2.81. The molecule has 0 aliphatic heterocycles. The highest BCUT2D eigenvalue weighted by molar-refractivity contribution is 7.17. The topological polar surface area (TPSA) is 66.9 Å². The molecule has 0 radical (unpaired) electrons. The van der Waals surface area contributed by atoms with E-state index in [0.29, 0.717) is 22.2 Å². The van der Waals surface area contributed by atoms with E-state index >= 15 is 0 Å². The molecule has 0 aliphatic carbocycles. The lowest BCUT2D eigenvalue weighted by molar-refractivity contribution is 0.0961. The van der Waals surface area contributed by atoms with Crippen molar-refractivity contribution in [3.05, 3.63) is 47.1 Å². The van der Waals surface area contributed by atoms with Gasteiger partial charge in [-0.15, -0.1) is 6.58 Å². The highest BCUT2D eigenvalue weighted by atomic mass is 32.1. The second-order valence-corrected chi connectivity index (χ2v) is 5.27. The Kier molecular flexibility index (Phi) is 4.47. The molecule has 2 aromatic rings. The van der Waals surface area contributed by atoms with E-state index in [2.05, 4.69) is 27.2 Å². The number of nitrogens with zero attached hydrogens (tertiary/aromatic N) is 2. The Morgan fingerprint density at radius 1 is 1.50 bits per heavy atom. The highest BCUT2D eigenvalue weighted by Crippen LogP contribution is 2.25. The van der Waals surface area contributed by atoms with Crippen LogP contribution in [0.4, 0.5) is 10.9 Å². The van der Waals surface area contributed by atoms with Crippen LogP contribution in [0.2, 0.25) is 0 Å². The quantitative estimate of drug-likeness (QED) is 0.830. The van der Waals surface area contributed by atoms with Crippen LogP contribution >= 0.6 is 11.3 Å². The number of carbonyl (C=O) groups excluding carboxylic acids is 1. The summed E-state index contributed by atoms with van der Waals surface area (Å²) in [7, 11) is 0. The van der Waals surface area contributed by atoms with Crippen molar-refractivity contribution >= 4 is 28.2 Å². The van der Waals surface area contributed by atoms with Crippen LogP contribution in [-0.2, 0) is 0 Å². The van der Waals surface area contributed by atoms with Gasteiger partial charge in [0.25, 0.3) is 5.91 Å². The summed E-state index contributed by atoms with van der Waals surface area (Å²) in [5, 5.41) is 6.52. The number of thiazole rings is 1. The van der Waals surface area contributed by atoms with Crippen molar-refractivity contribution in [1.29, 1.82) is 0 Å². The number of anilines is 2. The molecule has 0 saturated heterocycles. The van der Waals surface area contributed by atoms with Crippen LogP contribution < -0.4 is 10.6 Å². The van der Waals surface area contributed by atoms with Gasteiger partial charge in [0.15, 0.2) is 5.13 Å². The van der Waals surface area contributed by atoms with E-state index in [9.17, 15) is 4.79 Å². The molecular formula is C14H16N4OS. The minimum Gasteiger partial charge on any atom is -0.348 e. The lowest BCUT2D eigenvalue weighted by Crippen LogP contribution is -2.22. The van der Waals surface area contributed by atoms with Crippen molar-refractivity contribution in [2.24, 2.45) is 0 Å². The van der Waals surface area contributed by atoms with Gasteiger partial charge in [0.1, 0.15) is 10.7 Å². The number of rotatable bonds is 5. The summed E-state index contributed by atoms with van der Waals surface area (Å²) < 4.78 is 0. The molecule has 5 nitrogen and oxygen atoms in total. The molecule has 6 heteroatoms. The van der Waals surface area contributed by atoms with Gasteiger partial charge in [-0.05, 0) is 31.5 Å². The van der Waals surface area contributed by atoms with Crippen LogP contribution in [-0.4, -0.2) is 22.4 Å². The lowest BCUT2D eigenvalue weighted by Gasteiger charge is -2.01. The maximum absolute atomic E-state index is 11.9. The normalized spacial score (nSPS) is 10.1. The van der Waals surface area contributed by atoms with Crippen molar-refractivity contribution in [2.45, 2.75) is 13.8 Å². The van der Waals surface area contributed by atoms with Gasteiger partial charge in [-0.1, -0.05) is 17.4 Å². The summed E-state index contributed by atoms with van der Waals surface area (Å²) in [4.78, 5) is 21.1. The van der Waals surface area contributed by atoms with Gasteiger partial charge in [0.05, 0.1) is 5.69 Å². The van der Waals surface area contributed by atoms with Crippen LogP contribution in [0.25, 0.3) is 0 Å². The Morgan fingerprint density at radius 3 is 3.00 bits per heavy atom. The van der Waals surface area contributed by atoms with Crippen LogP contribution in [0, 0.1) is 13.8 Å². The molecule has 20 heavy (non-hydrogen) atoms. The highest BCUT2D eigenvalue weighted by Gasteiger charge is 2.14. The Balaban J connectivity index is 2.14. The molecule has 0 aliphatic rings. The summed E-state index contributed by atoms with van der Waals surface area (Å²) in [6, 6.07) is 3.85. The zero-order valence-electron chi connectivity index (χ0n) is 11.4. The molecule has 1 amide bonds. The largest absolute Gasteiger partial charge is 0.348 e. The van der Waals surface area contributed by atoms with Crippen molar-refractivity contribution in [2.75, 3.05) is 11.9 Å². The number of carbonyl (C=O) groups is 1. The number of nitrogens with one attached hydrogen (secondary N) is 2. The van der Waals surface area contributed by atoms with E-state index in [1.807, 2.05) is 26.0 Å². The monoisotopic (exact) mass is 288 g/mol. The van der Waals surface area contributed by atoms with Crippen LogP contribution in [0.15, 0.2) is 31.0 Å². The fourth-order valence-corrected chi connectivity index (χ4v) is 2.51. The van der Waals surface area contributed by atoms with Gasteiger partial charge in [0.2, 0.25) is 0 Å². The average Bonchev–Trinajstić information content (AvgIpc) is 2.77.